The topological polar surface area (TPSA) is 36.4 Å². The van der Waals surface area contributed by atoms with Crippen LogP contribution < -0.4 is 4.90 Å². The SMILES string of the molecule is CCN(c1cc(CO)ccn1)C(C)C. The summed E-state index contributed by atoms with van der Waals surface area (Å²) in [6.45, 7) is 7.38. The molecule has 78 valence electrons. The zero-order valence-electron chi connectivity index (χ0n) is 9.07. The molecule has 3 heteroatoms. The van der Waals surface area contributed by atoms with Crippen molar-refractivity contribution in [2.24, 2.45) is 0 Å². The number of aromatic nitrogens is 1. The number of nitrogens with zero attached hydrogens (tertiary/aromatic N) is 2. The molecule has 1 aromatic rings. The predicted octanol–water partition coefficient (Wildman–Crippen LogP) is 1.81. The normalized spacial score (nSPS) is 10.6. The number of hydrogen-bond acceptors (Lipinski definition) is 3. The number of pyridine rings is 1. The molecular formula is C11H18N2O. The van der Waals surface area contributed by atoms with Crippen LogP contribution in [0.15, 0.2) is 18.3 Å². The van der Waals surface area contributed by atoms with E-state index in [1.165, 1.54) is 0 Å². The molecule has 0 aliphatic rings. The minimum absolute atomic E-state index is 0.0746. The van der Waals surface area contributed by atoms with Gasteiger partial charge < -0.3 is 10.0 Å². The summed E-state index contributed by atoms with van der Waals surface area (Å²) >= 11 is 0. The lowest BCUT2D eigenvalue weighted by molar-refractivity contribution is 0.281. The van der Waals surface area contributed by atoms with E-state index >= 15 is 0 Å². The smallest absolute Gasteiger partial charge is 0.129 e. The van der Waals surface area contributed by atoms with Crippen LogP contribution in [0.1, 0.15) is 26.3 Å². The molecule has 0 saturated carbocycles. The fraction of sp³-hybridized carbons (Fsp3) is 0.545. The van der Waals surface area contributed by atoms with Gasteiger partial charge in [0.2, 0.25) is 0 Å². The third kappa shape index (κ3) is 2.45. The molecule has 1 N–H and O–H groups in total. The monoisotopic (exact) mass is 194 g/mol. The Bertz CT molecular complexity index is 286. The molecule has 0 atom stereocenters. The second-order valence-corrected chi connectivity index (χ2v) is 3.56. The van der Waals surface area contributed by atoms with E-state index < -0.39 is 0 Å². The Hall–Kier alpha value is -1.09. The van der Waals surface area contributed by atoms with Gasteiger partial charge in [-0.3, -0.25) is 0 Å². The molecule has 0 aromatic carbocycles. The van der Waals surface area contributed by atoms with E-state index in [2.05, 4.69) is 30.7 Å². The van der Waals surface area contributed by atoms with E-state index in [0.717, 1.165) is 17.9 Å². The van der Waals surface area contributed by atoms with Gasteiger partial charge in [-0.2, -0.15) is 0 Å². The highest BCUT2D eigenvalue weighted by molar-refractivity contribution is 5.41. The molecule has 0 bridgehead atoms. The highest BCUT2D eigenvalue weighted by Crippen LogP contribution is 2.14. The van der Waals surface area contributed by atoms with Gasteiger partial charge in [-0.05, 0) is 38.5 Å². The summed E-state index contributed by atoms with van der Waals surface area (Å²) in [5.74, 6) is 0.939. The van der Waals surface area contributed by atoms with Crippen LogP contribution in [-0.4, -0.2) is 22.7 Å². The zero-order valence-corrected chi connectivity index (χ0v) is 9.07. The minimum atomic E-state index is 0.0746. The Morgan fingerprint density at radius 2 is 2.21 bits per heavy atom. The summed E-state index contributed by atoms with van der Waals surface area (Å²) in [7, 11) is 0. The summed E-state index contributed by atoms with van der Waals surface area (Å²) in [5, 5.41) is 9.01. The maximum Gasteiger partial charge on any atom is 0.129 e. The number of aliphatic hydroxyl groups excluding tert-OH is 1. The zero-order chi connectivity index (χ0) is 10.6. The lowest BCUT2D eigenvalue weighted by Crippen LogP contribution is -2.31. The molecular weight excluding hydrogens is 176 g/mol. The van der Waals surface area contributed by atoms with Gasteiger partial charge in [-0.1, -0.05) is 0 Å². The van der Waals surface area contributed by atoms with Gasteiger partial charge in [0.15, 0.2) is 0 Å². The molecule has 0 amide bonds. The van der Waals surface area contributed by atoms with E-state index in [9.17, 15) is 0 Å². The molecule has 0 unspecified atom stereocenters. The fourth-order valence-corrected chi connectivity index (χ4v) is 1.51. The second kappa shape index (κ2) is 4.96. The van der Waals surface area contributed by atoms with Crippen LogP contribution in [0.5, 0.6) is 0 Å². The third-order valence-corrected chi connectivity index (χ3v) is 2.25. The minimum Gasteiger partial charge on any atom is -0.392 e. The summed E-state index contributed by atoms with van der Waals surface area (Å²) in [6.07, 6.45) is 1.74. The molecule has 1 heterocycles. The molecule has 1 rings (SSSR count). The van der Waals surface area contributed by atoms with Gasteiger partial charge in [0.05, 0.1) is 6.61 Å². The molecule has 3 nitrogen and oxygen atoms in total. The summed E-state index contributed by atoms with van der Waals surface area (Å²) in [5.41, 5.74) is 0.911. The van der Waals surface area contributed by atoms with Crippen LogP contribution in [0.3, 0.4) is 0 Å². The lowest BCUT2D eigenvalue weighted by atomic mass is 10.2. The Morgan fingerprint density at radius 1 is 1.50 bits per heavy atom. The van der Waals surface area contributed by atoms with Crippen molar-refractivity contribution in [3.8, 4) is 0 Å². The van der Waals surface area contributed by atoms with E-state index in [1.54, 1.807) is 6.20 Å². The van der Waals surface area contributed by atoms with E-state index in [1.807, 2.05) is 12.1 Å². The molecule has 0 fully saturated rings. The van der Waals surface area contributed by atoms with Gasteiger partial charge in [0.1, 0.15) is 5.82 Å². The highest BCUT2D eigenvalue weighted by atomic mass is 16.3. The number of aliphatic hydroxyl groups is 1. The Kier molecular flexibility index (Phi) is 3.89. The molecule has 14 heavy (non-hydrogen) atoms. The van der Waals surface area contributed by atoms with Crippen molar-refractivity contribution in [2.75, 3.05) is 11.4 Å². The predicted molar refractivity (Wildman–Crippen MR) is 58.3 cm³/mol. The van der Waals surface area contributed by atoms with Crippen molar-refractivity contribution >= 4 is 5.82 Å². The van der Waals surface area contributed by atoms with Crippen molar-refractivity contribution in [1.82, 2.24) is 4.98 Å². The van der Waals surface area contributed by atoms with Crippen LogP contribution in [0.25, 0.3) is 0 Å². The van der Waals surface area contributed by atoms with Gasteiger partial charge in [0, 0.05) is 18.8 Å². The Morgan fingerprint density at radius 3 is 2.71 bits per heavy atom. The molecule has 0 saturated heterocycles. The first kappa shape index (κ1) is 11.0. The van der Waals surface area contributed by atoms with Gasteiger partial charge in [-0.15, -0.1) is 0 Å². The third-order valence-electron chi connectivity index (χ3n) is 2.25. The second-order valence-electron chi connectivity index (χ2n) is 3.56. The van der Waals surface area contributed by atoms with Crippen LogP contribution >= 0.6 is 0 Å². The Balaban J connectivity index is 2.92. The Labute approximate surface area is 85.4 Å². The van der Waals surface area contributed by atoms with Crippen molar-refractivity contribution in [3.63, 3.8) is 0 Å². The molecule has 0 spiro atoms. The first-order valence-electron chi connectivity index (χ1n) is 5.01. The standard InChI is InChI=1S/C11H18N2O/c1-4-13(9(2)3)11-7-10(8-14)5-6-12-11/h5-7,9,14H,4,8H2,1-3H3. The van der Waals surface area contributed by atoms with E-state index in [0.29, 0.717) is 6.04 Å². The lowest BCUT2D eigenvalue weighted by Gasteiger charge is -2.26. The van der Waals surface area contributed by atoms with Gasteiger partial charge in [-0.25, -0.2) is 4.98 Å². The van der Waals surface area contributed by atoms with Gasteiger partial charge >= 0.3 is 0 Å². The number of anilines is 1. The number of rotatable bonds is 4. The van der Waals surface area contributed by atoms with Crippen LogP contribution in [-0.2, 0) is 6.61 Å². The summed E-state index contributed by atoms with van der Waals surface area (Å²) < 4.78 is 0. The molecule has 0 aliphatic carbocycles. The molecule has 0 radical (unpaired) electrons. The fourth-order valence-electron chi connectivity index (χ4n) is 1.51. The van der Waals surface area contributed by atoms with Crippen LogP contribution in [0, 0.1) is 0 Å². The quantitative estimate of drug-likeness (QED) is 0.794. The number of hydrogen-bond donors (Lipinski definition) is 1. The summed E-state index contributed by atoms with van der Waals surface area (Å²) in [6, 6.07) is 4.20. The van der Waals surface area contributed by atoms with Crippen LogP contribution in [0.4, 0.5) is 5.82 Å². The largest absolute Gasteiger partial charge is 0.392 e. The van der Waals surface area contributed by atoms with Gasteiger partial charge in [0.25, 0.3) is 0 Å². The van der Waals surface area contributed by atoms with Crippen molar-refractivity contribution in [3.05, 3.63) is 23.9 Å². The van der Waals surface area contributed by atoms with Crippen molar-refractivity contribution in [2.45, 2.75) is 33.4 Å². The maximum atomic E-state index is 9.01. The van der Waals surface area contributed by atoms with Crippen molar-refractivity contribution in [1.29, 1.82) is 0 Å². The average molecular weight is 194 g/mol. The van der Waals surface area contributed by atoms with Crippen LogP contribution in [0.2, 0.25) is 0 Å². The first-order valence-corrected chi connectivity index (χ1v) is 5.01. The summed E-state index contributed by atoms with van der Waals surface area (Å²) in [4.78, 5) is 6.49. The average Bonchev–Trinajstić information content (AvgIpc) is 2.19. The van der Waals surface area contributed by atoms with E-state index in [-0.39, 0.29) is 6.61 Å². The maximum absolute atomic E-state index is 9.01. The van der Waals surface area contributed by atoms with Crippen molar-refractivity contribution < 1.29 is 5.11 Å². The highest BCUT2D eigenvalue weighted by Gasteiger charge is 2.09. The first-order chi connectivity index (χ1) is 6.69. The molecule has 1 aromatic heterocycles. The van der Waals surface area contributed by atoms with E-state index in [4.69, 9.17) is 5.11 Å². The molecule has 0 aliphatic heterocycles.